The summed E-state index contributed by atoms with van der Waals surface area (Å²) in [6.45, 7) is 3.33. The molecule has 2 heterocycles. The first-order chi connectivity index (χ1) is 9.56. The zero-order chi connectivity index (χ0) is 14.2. The quantitative estimate of drug-likeness (QED) is 0.912. The van der Waals surface area contributed by atoms with Crippen molar-refractivity contribution in [3.8, 4) is 11.5 Å². The van der Waals surface area contributed by atoms with Gasteiger partial charge in [-0.25, -0.2) is 0 Å². The molecule has 3 rings (SSSR count). The van der Waals surface area contributed by atoms with E-state index in [2.05, 4.69) is 12.2 Å². The van der Waals surface area contributed by atoms with Gasteiger partial charge in [0.2, 0.25) is 5.91 Å². The summed E-state index contributed by atoms with van der Waals surface area (Å²) in [5.41, 5.74) is 0.865. The highest BCUT2D eigenvalue weighted by molar-refractivity contribution is 6.32. The number of carbonyl (C=O) groups excluding carboxylic acids is 1. The molecule has 2 aliphatic heterocycles. The fraction of sp³-hybridized carbons (Fsp3) is 0.533. The number of hydrogen-bond acceptors (Lipinski definition) is 3. The lowest BCUT2D eigenvalue weighted by atomic mass is 9.91. The molecule has 0 spiro atoms. The standard InChI is InChI=1S/C15H18ClNO3/c1-15(4-3-13(18)17-15)9-10-7-11(16)14-12(8-10)19-5-2-6-20-14/h7-8H,2-6,9H2,1H3,(H,17,18). The first-order valence-corrected chi connectivity index (χ1v) is 7.33. The van der Waals surface area contributed by atoms with Gasteiger partial charge in [-0.2, -0.15) is 0 Å². The molecular weight excluding hydrogens is 278 g/mol. The molecule has 1 N–H and O–H groups in total. The lowest BCUT2D eigenvalue weighted by Gasteiger charge is -2.24. The van der Waals surface area contributed by atoms with Crippen LogP contribution in [0.25, 0.3) is 0 Å². The maximum absolute atomic E-state index is 11.4. The van der Waals surface area contributed by atoms with Crippen LogP contribution < -0.4 is 14.8 Å². The Morgan fingerprint density at radius 2 is 2.15 bits per heavy atom. The Morgan fingerprint density at radius 3 is 2.90 bits per heavy atom. The first-order valence-electron chi connectivity index (χ1n) is 6.95. The van der Waals surface area contributed by atoms with Gasteiger partial charge in [0.1, 0.15) is 0 Å². The average molecular weight is 296 g/mol. The van der Waals surface area contributed by atoms with Crippen LogP contribution in [0.5, 0.6) is 11.5 Å². The minimum absolute atomic E-state index is 0.118. The third-order valence-electron chi connectivity index (χ3n) is 3.80. The Labute approximate surface area is 123 Å². The van der Waals surface area contributed by atoms with Crippen LogP contribution in [-0.2, 0) is 11.2 Å². The van der Waals surface area contributed by atoms with Gasteiger partial charge in [0.25, 0.3) is 0 Å². The van der Waals surface area contributed by atoms with Gasteiger partial charge in [-0.3, -0.25) is 4.79 Å². The lowest BCUT2D eigenvalue weighted by Crippen LogP contribution is -2.40. The van der Waals surface area contributed by atoms with E-state index < -0.39 is 0 Å². The van der Waals surface area contributed by atoms with Gasteiger partial charge in [-0.05, 0) is 37.5 Å². The zero-order valence-electron chi connectivity index (χ0n) is 11.5. The first kappa shape index (κ1) is 13.6. The van der Waals surface area contributed by atoms with E-state index in [9.17, 15) is 4.79 Å². The van der Waals surface area contributed by atoms with Gasteiger partial charge >= 0.3 is 0 Å². The van der Waals surface area contributed by atoms with Gasteiger partial charge < -0.3 is 14.8 Å². The Hall–Kier alpha value is -1.42. The summed E-state index contributed by atoms with van der Waals surface area (Å²) in [5.74, 6) is 1.46. The van der Waals surface area contributed by atoms with E-state index in [1.165, 1.54) is 0 Å². The van der Waals surface area contributed by atoms with E-state index in [1.807, 2.05) is 12.1 Å². The molecule has 1 fully saturated rings. The van der Waals surface area contributed by atoms with E-state index in [0.717, 1.165) is 24.8 Å². The molecule has 5 heteroatoms. The molecule has 20 heavy (non-hydrogen) atoms. The van der Waals surface area contributed by atoms with Crippen LogP contribution >= 0.6 is 11.6 Å². The smallest absolute Gasteiger partial charge is 0.220 e. The predicted octanol–water partition coefficient (Wildman–Crippen LogP) is 2.71. The molecule has 1 atom stereocenters. The van der Waals surface area contributed by atoms with Crippen LogP contribution in [0.3, 0.4) is 0 Å². The van der Waals surface area contributed by atoms with Crippen molar-refractivity contribution in [1.29, 1.82) is 0 Å². The van der Waals surface area contributed by atoms with E-state index in [0.29, 0.717) is 36.2 Å². The van der Waals surface area contributed by atoms with Crippen LogP contribution in [0.15, 0.2) is 12.1 Å². The second kappa shape index (κ2) is 5.17. The fourth-order valence-electron chi connectivity index (χ4n) is 2.82. The van der Waals surface area contributed by atoms with Crippen LogP contribution in [0.4, 0.5) is 0 Å². The number of hydrogen-bond donors (Lipinski definition) is 1. The molecule has 2 aliphatic rings. The SMILES string of the molecule is CC1(Cc2cc(Cl)c3c(c2)OCCCO3)CCC(=O)N1. The summed E-state index contributed by atoms with van der Waals surface area (Å²) in [4.78, 5) is 11.4. The highest BCUT2D eigenvalue weighted by Crippen LogP contribution is 2.39. The van der Waals surface area contributed by atoms with E-state index in [1.54, 1.807) is 0 Å². The zero-order valence-corrected chi connectivity index (χ0v) is 12.3. The van der Waals surface area contributed by atoms with Gasteiger partial charge in [-0.1, -0.05) is 11.6 Å². The van der Waals surface area contributed by atoms with E-state index in [4.69, 9.17) is 21.1 Å². The molecule has 1 saturated heterocycles. The molecular formula is C15H18ClNO3. The number of ether oxygens (including phenoxy) is 2. The molecule has 1 unspecified atom stereocenters. The predicted molar refractivity (Wildman–Crippen MR) is 76.5 cm³/mol. The second-order valence-electron chi connectivity index (χ2n) is 5.74. The normalized spacial score (nSPS) is 25.2. The number of rotatable bonds is 2. The van der Waals surface area contributed by atoms with Crippen LogP contribution in [0, 0.1) is 0 Å². The average Bonchev–Trinajstić information content (AvgIpc) is 2.61. The maximum atomic E-state index is 11.4. The van der Waals surface area contributed by atoms with Crippen LogP contribution in [-0.4, -0.2) is 24.7 Å². The van der Waals surface area contributed by atoms with Gasteiger partial charge in [0, 0.05) is 18.4 Å². The third kappa shape index (κ3) is 2.70. The summed E-state index contributed by atoms with van der Waals surface area (Å²) in [6, 6.07) is 3.88. The minimum atomic E-state index is -0.194. The molecule has 1 amide bonds. The number of carbonyl (C=O) groups is 1. The Bertz CT molecular complexity index is 546. The Morgan fingerprint density at radius 1 is 1.35 bits per heavy atom. The molecule has 108 valence electrons. The summed E-state index contributed by atoms with van der Waals surface area (Å²) < 4.78 is 11.3. The van der Waals surface area contributed by atoms with Crippen molar-refractivity contribution in [3.63, 3.8) is 0 Å². The second-order valence-corrected chi connectivity index (χ2v) is 6.15. The molecule has 0 aromatic heterocycles. The molecule has 4 nitrogen and oxygen atoms in total. The fourth-order valence-corrected chi connectivity index (χ4v) is 3.11. The third-order valence-corrected chi connectivity index (χ3v) is 4.08. The van der Waals surface area contributed by atoms with Crippen molar-refractivity contribution in [2.75, 3.05) is 13.2 Å². The molecule has 0 radical (unpaired) electrons. The Balaban J connectivity index is 1.86. The number of benzene rings is 1. The molecule has 1 aromatic rings. The van der Waals surface area contributed by atoms with Gasteiger partial charge in [0.05, 0.1) is 18.2 Å². The molecule has 1 aromatic carbocycles. The highest BCUT2D eigenvalue weighted by atomic mass is 35.5. The van der Waals surface area contributed by atoms with Crippen molar-refractivity contribution in [1.82, 2.24) is 5.32 Å². The Kier molecular flexibility index (Phi) is 3.50. The number of amides is 1. The van der Waals surface area contributed by atoms with Crippen LogP contribution in [0.2, 0.25) is 5.02 Å². The lowest BCUT2D eigenvalue weighted by molar-refractivity contribution is -0.119. The minimum Gasteiger partial charge on any atom is -0.489 e. The molecule has 0 aliphatic carbocycles. The summed E-state index contributed by atoms with van der Waals surface area (Å²) in [5, 5.41) is 3.61. The van der Waals surface area contributed by atoms with Crippen molar-refractivity contribution in [3.05, 3.63) is 22.7 Å². The maximum Gasteiger partial charge on any atom is 0.220 e. The van der Waals surface area contributed by atoms with Gasteiger partial charge in [0.15, 0.2) is 11.5 Å². The number of fused-ring (bicyclic) bond motifs is 1. The highest BCUT2D eigenvalue weighted by Gasteiger charge is 2.33. The summed E-state index contributed by atoms with van der Waals surface area (Å²) in [6.07, 6.45) is 3.04. The van der Waals surface area contributed by atoms with E-state index in [-0.39, 0.29) is 11.4 Å². The summed E-state index contributed by atoms with van der Waals surface area (Å²) >= 11 is 6.29. The number of halogens is 1. The molecule has 0 saturated carbocycles. The topological polar surface area (TPSA) is 47.6 Å². The van der Waals surface area contributed by atoms with Crippen molar-refractivity contribution in [2.24, 2.45) is 0 Å². The number of nitrogens with one attached hydrogen (secondary N) is 1. The monoisotopic (exact) mass is 295 g/mol. The van der Waals surface area contributed by atoms with E-state index >= 15 is 0 Å². The summed E-state index contributed by atoms with van der Waals surface area (Å²) in [7, 11) is 0. The largest absolute Gasteiger partial charge is 0.489 e. The van der Waals surface area contributed by atoms with Crippen molar-refractivity contribution < 1.29 is 14.3 Å². The van der Waals surface area contributed by atoms with Crippen molar-refractivity contribution in [2.45, 2.75) is 38.1 Å². The van der Waals surface area contributed by atoms with Crippen LogP contribution in [0.1, 0.15) is 31.7 Å². The van der Waals surface area contributed by atoms with Gasteiger partial charge in [-0.15, -0.1) is 0 Å². The molecule has 0 bridgehead atoms. The van der Waals surface area contributed by atoms with Crippen molar-refractivity contribution >= 4 is 17.5 Å².